The van der Waals surface area contributed by atoms with Gasteiger partial charge in [-0.15, -0.1) is 0 Å². The first-order chi connectivity index (χ1) is 7.30. The molecule has 0 saturated carbocycles. The molecule has 0 N–H and O–H groups in total. The molecular weight excluding hydrogens is 252 g/mol. The number of aromatic nitrogens is 3. The molecule has 12 nitrogen and oxygen atoms in total. The van der Waals surface area contributed by atoms with Crippen LogP contribution in [0.15, 0.2) is 6.33 Å². The summed E-state index contributed by atoms with van der Waals surface area (Å²) in [7, 11) is 0. The van der Waals surface area contributed by atoms with E-state index in [2.05, 4.69) is 10.1 Å². The Morgan fingerprint density at radius 2 is 1.75 bits per heavy atom. The lowest BCUT2D eigenvalue weighted by Gasteiger charge is -2.04. The maximum absolute atomic E-state index is 10.4. The number of nitro groups is 3. The first-order valence-electron chi connectivity index (χ1n) is 3.34. The molecule has 0 unspecified atom stereocenters. The zero-order valence-electron chi connectivity index (χ0n) is 7.09. The second-order valence-corrected chi connectivity index (χ2v) is 2.82. The second kappa shape index (κ2) is 3.65. The summed E-state index contributed by atoms with van der Waals surface area (Å²) in [6.07, 6.45) is 0.427. The molecular formula is C3HClN6O6. The Morgan fingerprint density at radius 1 is 1.25 bits per heavy atom. The van der Waals surface area contributed by atoms with E-state index in [0.29, 0.717) is 6.33 Å². The lowest BCUT2D eigenvalue weighted by Crippen LogP contribution is -2.43. The molecule has 0 bridgehead atoms. The molecule has 1 heterocycles. The molecule has 0 spiro atoms. The molecule has 1 aromatic heterocycles. The van der Waals surface area contributed by atoms with Crippen LogP contribution in [-0.4, -0.2) is 29.5 Å². The van der Waals surface area contributed by atoms with Crippen LogP contribution in [-0.2, 0) is 5.25 Å². The molecule has 0 aromatic carbocycles. The van der Waals surface area contributed by atoms with Gasteiger partial charge in [-0.2, -0.15) is 0 Å². The van der Waals surface area contributed by atoms with E-state index in [1.54, 1.807) is 0 Å². The fourth-order valence-corrected chi connectivity index (χ4v) is 0.790. The molecule has 0 fully saturated rings. The van der Waals surface area contributed by atoms with Crippen LogP contribution in [0.2, 0.25) is 0 Å². The molecule has 0 aliphatic carbocycles. The summed E-state index contributed by atoms with van der Waals surface area (Å²) in [5.41, 5.74) is 0. The van der Waals surface area contributed by atoms with Crippen molar-refractivity contribution >= 4 is 17.5 Å². The molecule has 0 atom stereocenters. The lowest BCUT2D eigenvalue weighted by atomic mass is 10.8. The smallest absolute Gasteiger partial charge is 0.390 e. The van der Waals surface area contributed by atoms with E-state index < -0.39 is 26.0 Å². The Balaban J connectivity index is 3.28. The van der Waals surface area contributed by atoms with Crippen molar-refractivity contribution in [1.29, 1.82) is 0 Å². The van der Waals surface area contributed by atoms with Gasteiger partial charge in [-0.25, -0.2) is 0 Å². The molecule has 0 amide bonds. The minimum Gasteiger partial charge on any atom is -0.390 e. The third-order valence-electron chi connectivity index (χ3n) is 1.40. The Bertz CT molecular complexity index is 455. The third kappa shape index (κ3) is 1.60. The molecule has 0 radical (unpaired) electrons. The Morgan fingerprint density at radius 3 is 2.06 bits per heavy atom. The molecule has 86 valence electrons. The van der Waals surface area contributed by atoms with E-state index in [0.717, 1.165) is 0 Å². The molecule has 0 aliphatic rings. The number of rotatable bonds is 4. The van der Waals surface area contributed by atoms with Gasteiger partial charge >= 0.3 is 11.2 Å². The highest BCUT2D eigenvalue weighted by Crippen LogP contribution is 2.23. The van der Waals surface area contributed by atoms with Gasteiger partial charge in [0.15, 0.2) is 0 Å². The van der Waals surface area contributed by atoms with E-state index in [1.807, 2.05) is 0 Å². The fraction of sp³-hybridized carbons (Fsp3) is 0.333. The first kappa shape index (κ1) is 11.7. The highest BCUT2D eigenvalue weighted by Gasteiger charge is 2.61. The molecule has 16 heavy (non-hydrogen) atoms. The summed E-state index contributed by atoms with van der Waals surface area (Å²) in [5, 5.41) is 30.6. The number of halogens is 1. The van der Waals surface area contributed by atoms with Gasteiger partial charge in [0.1, 0.15) is 9.85 Å². The van der Waals surface area contributed by atoms with E-state index in [-0.39, 0.29) is 4.68 Å². The highest BCUT2D eigenvalue weighted by atomic mass is 35.5. The van der Waals surface area contributed by atoms with Gasteiger partial charge in [-0.05, 0) is 9.61 Å². The fourth-order valence-electron chi connectivity index (χ4n) is 0.709. The van der Waals surface area contributed by atoms with Crippen molar-refractivity contribution in [3.05, 3.63) is 36.7 Å². The van der Waals surface area contributed by atoms with Crippen LogP contribution in [0.4, 0.5) is 5.95 Å². The number of alkyl halides is 1. The molecule has 13 heteroatoms. The van der Waals surface area contributed by atoms with E-state index in [4.69, 9.17) is 11.6 Å². The van der Waals surface area contributed by atoms with Crippen molar-refractivity contribution in [3.8, 4) is 0 Å². The normalized spacial score (nSPS) is 11.1. The van der Waals surface area contributed by atoms with Gasteiger partial charge in [0, 0.05) is 5.10 Å². The number of hydrogen-bond acceptors (Lipinski definition) is 8. The van der Waals surface area contributed by atoms with Crippen molar-refractivity contribution in [2.75, 3.05) is 0 Å². The van der Waals surface area contributed by atoms with Crippen molar-refractivity contribution in [1.82, 2.24) is 14.8 Å². The summed E-state index contributed by atoms with van der Waals surface area (Å²) >= 11 is 5.09. The van der Waals surface area contributed by atoms with E-state index >= 15 is 0 Å². The molecule has 0 saturated heterocycles. The van der Waals surface area contributed by atoms with Gasteiger partial charge in [-0.1, -0.05) is 4.98 Å². The molecule has 1 aromatic rings. The van der Waals surface area contributed by atoms with Crippen molar-refractivity contribution in [3.63, 3.8) is 0 Å². The van der Waals surface area contributed by atoms with Gasteiger partial charge in [0.05, 0.1) is 11.6 Å². The van der Waals surface area contributed by atoms with Crippen LogP contribution in [0.1, 0.15) is 0 Å². The zero-order chi connectivity index (χ0) is 12.5. The predicted molar refractivity (Wildman–Crippen MR) is 44.5 cm³/mol. The SMILES string of the molecule is O=[N+]([O-])c1ncn(C(Cl)([N+](=O)[O-])[N+](=O)[O-])n1. The highest BCUT2D eigenvalue weighted by molar-refractivity contribution is 6.19. The average molecular weight is 253 g/mol. The summed E-state index contributed by atoms with van der Waals surface area (Å²) in [6, 6.07) is 0. The van der Waals surface area contributed by atoms with Crippen molar-refractivity contribution in [2.24, 2.45) is 0 Å². The monoisotopic (exact) mass is 252 g/mol. The zero-order valence-corrected chi connectivity index (χ0v) is 7.84. The lowest BCUT2D eigenvalue weighted by molar-refractivity contribution is -0.802. The summed E-state index contributed by atoms with van der Waals surface area (Å²) in [6.45, 7) is 0. The largest absolute Gasteiger partial charge is 0.661 e. The maximum atomic E-state index is 10.4. The van der Waals surface area contributed by atoms with Gasteiger partial charge in [0.25, 0.3) is 0 Å². The summed E-state index contributed by atoms with van der Waals surface area (Å²) in [4.78, 5) is 30.0. The minimum atomic E-state index is -3.35. The number of nitrogens with zero attached hydrogens (tertiary/aromatic N) is 6. The summed E-state index contributed by atoms with van der Waals surface area (Å²) < 4.78 is -0.0211. The minimum absolute atomic E-state index is 0.0211. The van der Waals surface area contributed by atoms with Crippen LogP contribution in [0.3, 0.4) is 0 Å². The van der Waals surface area contributed by atoms with Crippen LogP contribution < -0.4 is 0 Å². The Kier molecular flexibility index (Phi) is 2.67. The standard InChI is InChI=1S/C3HClN6O6/c4-3(9(13)14,10(15)16)7-1-5-2(6-7)8(11)12/h1H. The summed E-state index contributed by atoms with van der Waals surface area (Å²) in [5.74, 6) is -1.03. The average Bonchev–Trinajstić information content (AvgIpc) is 2.64. The van der Waals surface area contributed by atoms with Gasteiger partial charge in [0.2, 0.25) is 6.33 Å². The van der Waals surface area contributed by atoms with E-state index in [1.165, 1.54) is 0 Å². The topological polar surface area (TPSA) is 160 Å². The van der Waals surface area contributed by atoms with Crippen LogP contribution >= 0.6 is 11.6 Å². The van der Waals surface area contributed by atoms with Gasteiger partial charge in [-0.3, -0.25) is 20.2 Å². The van der Waals surface area contributed by atoms with E-state index in [9.17, 15) is 30.3 Å². The number of hydrogen-bond donors (Lipinski definition) is 0. The molecule has 1 rings (SSSR count). The third-order valence-corrected chi connectivity index (χ3v) is 1.85. The second-order valence-electron chi connectivity index (χ2n) is 2.31. The van der Waals surface area contributed by atoms with Gasteiger partial charge < -0.3 is 10.1 Å². The predicted octanol–water partition coefficient (Wildman–Crippen LogP) is -0.454. The van der Waals surface area contributed by atoms with Crippen LogP contribution in [0.5, 0.6) is 0 Å². The van der Waals surface area contributed by atoms with Crippen molar-refractivity contribution < 1.29 is 14.8 Å². The van der Waals surface area contributed by atoms with Crippen LogP contribution in [0.25, 0.3) is 0 Å². The molecule has 0 aliphatic heterocycles. The van der Waals surface area contributed by atoms with Crippen LogP contribution in [0, 0.1) is 30.3 Å². The maximum Gasteiger partial charge on any atom is 0.661 e. The Labute approximate surface area is 89.9 Å². The Hall–Kier alpha value is -2.37. The quantitative estimate of drug-likeness (QED) is 0.229. The first-order valence-corrected chi connectivity index (χ1v) is 3.72. The van der Waals surface area contributed by atoms with Crippen molar-refractivity contribution in [2.45, 2.75) is 5.25 Å².